The topological polar surface area (TPSA) is 59.6 Å². The lowest BCUT2D eigenvalue weighted by atomic mass is 10.1. The van der Waals surface area contributed by atoms with Crippen LogP contribution in [0.4, 0.5) is 5.69 Å². The van der Waals surface area contributed by atoms with Crippen LogP contribution in [-0.4, -0.2) is 38.8 Å². The van der Waals surface area contributed by atoms with E-state index >= 15 is 0 Å². The van der Waals surface area contributed by atoms with Gasteiger partial charge >= 0.3 is 0 Å². The zero-order valence-corrected chi connectivity index (χ0v) is 12.4. The van der Waals surface area contributed by atoms with Crippen molar-refractivity contribution in [1.82, 2.24) is 5.32 Å². The standard InChI is InChI=1S/C14H20N2O3.ClH/c1-18-9-11-4-2-3-5-13(11)16-14(17)8-12-10-19-7-6-15-12;/h2-5,12,15H,6-10H2,1H3,(H,16,17);1H. The third kappa shape index (κ3) is 5.09. The Labute approximate surface area is 125 Å². The van der Waals surface area contributed by atoms with Crippen molar-refractivity contribution in [2.24, 2.45) is 0 Å². The minimum absolute atomic E-state index is 0. The number of amides is 1. The molecule has 2 N–H and O–H groups in total. The molecule has 0 spiro atoms. The van der Waals surface area contributed by atoms with Crippen molar-refractivity contribution >= 4 is 24.0 Å². The predicted octanol–water partition coefficient (Wildman–Crippen LogP) is 1.57. The molecule has 0 radical (unpaired) electrons. The highest BCUT2D eigenvalue weighted by atomic mass is 35.5. The van der Waals surface area contributed by atoms with Gasteiger partial charge in [-0.15, -0.1) is 12.4 Å². The van der Waals surface area contributed by atoms with Crippen molar-refractivity contribution in [3.63, 3.8) is 0 Å². The fraction of sp³-hybridized carbons (Fsp3) is 0.500. The van der Waals surface area contributed by atoms with Crippen LogP contribution in [0.3, 0.4) is 0 Å². The quantitative estimate of drug-likeness (QED) is 0.867. The number of carbonyl (C=O) groups excluding carboxylic acids is 1. The molecular weight excluding hydrogens is 280 g/mol. The second-order valence-electron chi connectivity index (χ2n) is 4.57. The fourth-order valence-electron chi connectivity index (χ4n) is 2.10. The molecule has 1 fully saturated rings. The van der Waals surface area contributed by atoms with Crippen molar-refractivity contribution in [1.29, 1.82) is 0 Å². The smallest absolute Gasteiger partial charge is 0.226 e. The summed E-state index contributed by atoms with van der Waals surface area (Å²) < 4.78 is 10.4. The molecule has 1 unspecified atom stereocenters. The second-order valence-corrected chi connectivity index (χ2v) is 4.57. The lowest BCUT2D eigenvalue weighted by Gasteiger charge is -2.23. The minimum Gasteiger partial charge on any atom is -0.380 e. The molecule has 1 aliphatic heterocycles. The van der Waals surface area contributed by atoms with E-state index in [-0.39, 0.29) is 24.4 Å². The molecule has 0 bridgehead atoms. The lowest BCUT2D eigenvalue weighted by molar-refractivity contribution is -0.117. The third-order valence-corrected chi connectivity index (χ3v) is 3.02. The number of methoxy groups -OCH3 is 1. The molecule has 2 rings (SSSR count). The van der Waals surface area contributed by atoms with Crippen LogP contribution in [0.15, 0.2) is 24.3 Å². The van der Waals surface area contributed by atoms with E-state index in [0.29, 0.717) is 19.6 Å². The molecule has 20 heavy (non-hydrogen) atoms. The van der Waals surface area contributed by atoms with E-state index in [2.05, 4.69) is 10.6 Å². The first-order valence-electron chi connectivity index (χ1n) is 6.47. The molecule has 6 heteroatoms. The Kier molecular flexibility index (Phi) is 7.54. The Hall–Kier alpha value is -1.14. The minimum atomic E-state index is -0.00782. The molecule has 112 valence electrons. The molecule has 1 amide bonds. The van der Waals surface area contributed by atoms with Crippen LogP contribution in [0.5, 0.6) is 0 Å². The molecule has 0 saturated carbocycles. The normalized spacial score (nSPS) is 18.1. The lowest BCUT2D eigenvalue weighted by Crippen LogP contribution is -2.43. The number of para-hydroxylation sites is 1. The number of morpholine rings is 1. The molecular formula is C14H21ClN2O3. The molecule has 1 aromatic carbocycles. The predicted molar refractivity (Wildman–Crippen MR) is 80.3 cm³/mol. The van der Waals surface area contributed by atoms with Gasteiger partial charge in [-0.3, -0.25) is 4.79 Å². The number of rotatable bonds is 5. The van der Waals surface area contributed by atoms with Crippen molar-refractivity contribution in [3.05, 3.63) is 29.8 Å². The van der Waals surface area contributed by atoms with Crippen LogP contribution in [0.25, 0.3) is 0 Å². The van der Waals surface area contributed by atoms with Gasteiger partial charge in [0.05, 0.1) is 19.8 Å². The van der Waals surface area contributed by atoms with Crippen LogP contribution >= 0.6 is 12.4 Å². The third-order valence-electron chi connectivity index (χ3n) is 3.02. The first-order chi connectivity index (χ1) is 9.29. The van der Waals surface area contributed by atoms with Crippen LogP contribution in [-0.2, 0) is 20.9 Å². The number of hydrogen-bond donors (Lipinski definition) is 2. The van der Waals surface area contributed by atoms with Gasteiger partial charge in [0.15, 0.2) is 0 Å². The van der Waals surface area contributed by atoms with Crippen molar-refractivity contribution < 1.29 is 14.3 Å². The van der Waals surface area contributed by atoms with Crippen molar-refractivity contribution in [3.8, 4) is 0 Å². The van der Waals surface area contributed by atoms with Gasteiger partial charge in [-0.25, -0.2) is 0 Å². The van der Waals surface area contributed by atoms with Gasteiger partial charge in [0, 0.05) is 37.4 Å². The summed E-state index contributed by atoms with van der Waals surface area (Å²) in [5.41, 5.74) is 1.79. The van der Waals surface area contributed by atoms with E-state index in [9.17, 15) is 4.79 Å². The zero-order valence-electron chi connectivity index (χ0n) is 11.6. The van der Waals surface area contributed by atoms with E-state index in [1.807, 2.05) is 24.3 Å². The van der Waals surface area contributed by atoms with Gasteiger partial charge in [0.25, 0.3) is 0 Å². The van der Waals surface area contributed by atoms with Crippen LogP contribution in [0.1, 0.15) is 12.0 Å². The largest absolute Gasteiger partial charge is 0.380 e. The summed E-state index contributed by atoms with van der Waals surface area (Å²) in [5.74, 6) is -0.00782. The average molecular weight is 301 g/mol. The zero-order chi connectivity index (χ0) is 13.5. The molecule has 1 atom stereocenters. The highest BCUT2D eigenvalue weighted by molar-refractivity contribution is 5.91. The molecule has 1 aromatic rings. The Morgan fingerprint density at radius 2 is 2.30 bits per heavy atom. The average Bonchev–Trinajstić information content (AvgIpc) is 2.42. The highest BCUT2D eigenvalue weighted by Crippen LogP contribution is 2.16. The van der Waals surface area contributed by atoms with Gasteiger partial charge in [-0.05, 0) is 6.07 Å². The van der Waals surface area contributed by atoms with E-state index in [1.54, 1.807) is 7.11 Å². The maximum absolute atomic E-state index is 12.0. The van der Waals surface area contributed by atoms with E-state index < -0.39 is 0 Å². The van der Waals surface area contributed by atoms with E-state index in [1.165, 1.54) is 0 Å². The maximum atomic E-state index is 12.0. The van der Waals surface area contributed by atoms with Crippen molar-refractivity contribution in [2.45, 2.75) is 19.1 Å². The first kappa shape index (κ1) is 16.9. The summed E-state index contributed by atoms with van der Waals surface area (Å²) in [6.45, 7) is 2.60. The fourth-order valence-corrected chi connectivity index (χ4v) is 2.10. The monoisotopic (exact) mass is 300 g/mol. The molecule has 1 aliphatic rings. The summed E-state index contributed by atoms with van der Waals surface area (Å²) in [5, 5.41) is 6.19. The van der Waals surface area contributed by atoms with Crippen LogP contribution in [0.2, 0.25) is 0 Å². The van der Waals surface area contributed by atoms with Gasteiger partial charge in [-0.1, -0.05) is 18.2 Å². The number of halogens is 1. The highest BCUT2D eigenvalue weighted by Gasteiger charge is 2.17. The van der Waals surface area contributed by atoms with E-state index in [0.717, 1.165) is 24.4 Å². The number of carbonyl (C=O) groups is 1. The van der Waals surface area contributed by atoms with E-state index in [4.69, 9.17) is 9.47 Å². The summed E-state index contributed by atoms with van der Waals surface area (Å²) in [6.07, 6.45) is 0.418. The number of benzene rings is 1. The van der Waals surface area contributed by atoms with Crippen LogP contribution in [0, 0.1) is 0 Å². The van der Waals surface area contributed by atoms with Gasteiger partial charge in [0.1, 0.15) is 0 Å². The summed E-state index contributed by atoms with van der Waals surface area (Å²) in [6, 6.07) is 7.76. The Bertz CT molecular complexity index is 423. The molecule has 5 nitrogen and oxygen atoms in total. The number of hydrogen-bond acceptors (Lipinski definition) is 4. The molecule has 0 aromatic heterocycles. The van der Waals surface area contributed by atoms with Crippen LogP contribution < -0.4 is 10.6 Å². The SMILES string of the molecule is COCc1ccccc1NC(=O)CC1COCCN1.Cl. The van der Waals surface area contributed by atoms with Gasteiger partial charge < -0.3 is 20.1 Å². The number of anilines is 1. The summed E-state index contributed by atoms with van der Waals surface area (Å²) in [4.78, 5) is 12.0. The summed E-state index contributed by atoms with van der Waals surface area (Å²) >= 11 is 0. The molecule has 0 aliphatic carbocycles. The Morgan fingerprint density at radius 1 is 1.50 bits per heavy atom. The van der Waals surface area contributed by atoms with Gasteiger partial charge in [-0.2, -0.15) is 0 Å². The second kappa shape index (κ2) is 8.92. The number of ether oxygens (including phenoxy) is 2. The number of nitrogens with one attached hydrogen (secondary N) is 2. The van der Waals surface area contributed by atoms with Crippen molar-refractivity contribution in [2.75, 3.05) is 32.2 Å². The van der Waals surface area contributed by atoms with Gasteiger partial charge in [0.2, 0.25) is 5.91 Å². The Balaban J connectivity index is 0.00000200. The first-order valence-corrected chi connectivity index (χ1v) is 6.47. The molecule has 1 saturated heterocycles. The molecule has 1 heterocycles. The maximum Gasteiger partial charge on any atom is 0.226 e. The Morgan fingerprint density at radius 3 is 3.00 bits per heavy atom. The summed E-state index contributed by atoms with van der Waals surface area (Å²) in [7, 11) is 1.64.